The first kappa shape index (κ1) is 32.8. The van der Waals surface area contributed by atoms with Gasteiger partial charge in [-0.05, 0) is 79.6 Å². The normalized spacial score (nSPS) is 10.7. The van der Waals surface area contributed by atoms with Gasteiger partial charge in [-0.25, -0.2) is 4.39 Å². The summed E-state index contributed by atoms with van der Waals surface area (Å²) in [4.78, 5) is 36.9. The molecular weight excluding hydrogens is 581 g/mol. The maximum atomic E-state index is 13.1. The van der Waals surface area contributed by atoms with Crippen molar-refractivity contribution in [3.05, 3.63) is 89.7 Å². The Hall–Kier alpha value is -5.14. The summed E-state index contributed by atoms with van der Waals surface area (Å²) in [5.41, 5.74) is 2.55. The average Bonchev–Trinajstić information content (AvgIpc) is 3.03. The van der Waals surface area contributed by atoms with Crippen LogP contribution in [-0.2, 0) is 20.8 Å². The van der Waals surface area contributed by atoms with Gasteiger partial charge in [0.2, 0.25) is 17.8 Å². The lowest BCUT2D eigenvalue weighted by molar-refractivity contribution is -0.117. The van der Waals surface area contributed by atoms with E-state index in [1.165, 1.54) is 12.1 Å². The lowest BCUT2D eigenvalue weighted by Crippen LogP contribution is -2.22. The zero-order valence-electron chi connectivity index (χ0n) is 24.9. The van der Waals surface area contributed by atoms with E-state index in [-0.39, 0.29) is 41.7 Å². The Balaban J connectivity index is 1.32. The van der Waals surface area contributed by atoms with E-state index in [0.717, 1.165) is 5.56 Å². The number of halogens is 1. The molecule has 4 rings (SSSR count). The number of carbonyl (C=O) groups is 2. The molecule has 0 aliphatic rings. The third kappa shape index (κ3) is 11.8. The second-order valence-electron chi connectivity index (χ2n) is 9.95. The van der Waals surface area contributed by atoms with Crippen LogP contribution in [0.2, 0.25) is 0 Å². The maximum absolute atomic E-state index is 13.1. The molecule has 0 bridgehead atoms. The molecule has 0 radical (unpaired) electrons. The number of hydrogen-bond acceptors (Lipinski definition) is 11. The van der Waals surface area contributed by atoms with Gasteiger partial charge in [-0.1, -0.05) is 12.1 Å². The van der Waals surface area contributed by atoms with Crippen LogP contribution in [-0.4, -0.2) is 64.7 Å². The highest BCUT2D eigenvalue weighted by Crippen LogP contribution is 2.21. The molecule has 45 heavy (non-hydrogen) atoms. The van der Waals surface area contributed by atoms with Crippen LogP contribution in [0.4, 0.5) is 33.6 Å². The van der Waals surface area contributed by atoms with Gasteiger partial charge < -0.3 is 40.6 Å². The monoisotopic (exact) mass is 617 g/mol. The van der Waals surface area contributed by atoms with Gasteiger partial charge in [0.15, 0.2) is 0 Å². The van der Waals surface area contributed by atoms with Crippen LogP contribution in [0.5, 0.6) is 5.75 Å². The van der Waals surface area contributed by atoms with Crippen molar-refractivity contribution in [3.8, 4) is 5.75 Å². The number of anilines is 5. The molecule has 13 heteroatoms. The summed E-state index contributed by atoms with van der Waals surface area (Å²) in [6.45, 7) is 4.02. The second-order valence-corrected chi connectivity index (χ2v) is 9.95. The maximum Gasteiger partial charge on any atom is 0.251 e. The SMILES string of the molecule is CC(=O)CCCOCCOCCNc1nc(Nc2ccc(O)cc2)nc(Nc2ccc(C(=O)NCc3ccc(F)cc3)cc2)n1. The number of nitrogens with zero attached hydrogens (tertiary/aromatic N) is 3. The summed E-state index contributed by atoms with van der Waals surface area (Å²) in [6.07, 6.45) is 1.21. The molecule has 0 aliphatic carbocycles. The highest BCUT2D eigenvalue weighted by atomic mass is 19.1. The fraction of sp³-hybridized carbons (Fsp3) is 0.281. The number of Topliss-reactive ketones (excluding diaryl/α,β-unsaturated/α-hetero) is 1. The Bertz CT molecular complexity index is 1520. The fourth-order valence-electron chi connectivity index (χ4n) is 3.94. The quantitative estimate of drug-likeness (QED) is 0.0760. The van der Waals surface area contributed by atoms with Crippen LogP contribution in [0.3, 0.4) is 0 Å². The molecule has 0 atom stereocenters. The van der Waals surface area contributed by atoms with E-state index >= 15 is 0 Å². The van der Waals surface area contributed by atoms with E-state index in [1.54, 1.807) is 67.6 Å². The average molecular weight is 618 g/mol. The minimum atomic E-state index is -0.331. The molecule has 0 saturated carbocycles. The molecular formula is C32H36FN7O5. The van der Waals surface area contributed by atoms with Crippen molar-refractivity contribution in [1.82, 2.24) is 20.3 Å². The molecule has 1 heterocycles. The number of hydrogen-bond donors (Lipinski definition) is 5. The lowest BCUT2D eigenvalue weighted by Gasteiger charge is -2.12. The molecule has 0 fully saturated rings. The Labute approximate surface area is 260 Å². The third-order valence-corrected chi connectivity index (χ3v) is 6.25. The second kappa shape index (κ2) is 17.2. The Morgan fingerprint density at radius 2 is 1.33 bits per heavy atom. The van der Waals surface area contributed by atoms with E-state index in [1.807, 2.05) is 0 Å². The van der Waals surface area contributed by atoms with Crippen LogP contribution >= 0.6 is 0 Å². The first-order chi connectivity index (χ1) is 21.8. The van der Waals surface area contributed by atoms with Crippen LogP contribution in [0.15, 0.2) is 72.8 Å². The molecule has 0 saturated heterocycles. The van der Waals surface area contributed by atoms with Crippen molar-refractivity contribution in [2.24, 2.45) is 0 Å². The zero-order chi connectivity index (χ0) is 31.9. The number of ether oxygens (including phenoxy) is 2. The summed E-state index contributed by atoms with van der Waals surface area (Å²) in [5.74, 6) is 0.503. The molecule has 3 aromatic carbocycles. The number of phenolic OH excluding ortho intramolecular Hbond substituents is 1. The fourth-order valence-corrected chi connectivity index (χ4v) is 3.94. The van der Waals surface area contributed by atoms with Crippen molar-refractivity contribution in [2.45, 2.75) is 26.3 Å². The molecule has 0 unspecified atom stereocenters. The van der Waals surface area contributed by atoms with Crippen LogP contribution < -0.4 is 21.3 Å². The first-order valence-electron chi connectivity index (χ1n) is 14.4. The van der Waals surface area contributed by atoms with Gasteiger partial charge >= 0.3 is 0 Å². The number of amides is 1. The Morgan fingerprint density at radius 3 is 1.96 bits per heavy atom. The molecule has 4 aromatic rings. The predicted octanol–water partition coefficient (Wildman–Crippen LogP) is 4.95. The highest BCUT2D eigenvalue weighted by Gasteiger charge is 2.10. The van der Waals surface area contributed by atoms with Crippen molar-refractivity contribution < 1.29 is 28.6 Å². The van der Waals surface area contributed by atoms with Gasteiger partial charge in [0.1, 0.15) is 17.3 Å². The van der Waals surface area contributed by atoms with Crippen LogP contribution in [0.25, 0.3) is 0 Å². The summed E-state index contributed by atoms with van der Waals surface area (Å²) >= 11 is 0. The molecule has 5 N–H and O–H groups in total. The predicted molar refractivity (Wildman–Crippen MR) is 169 cm³/mol. The lowest BCUT2D eigenvalue weighted by atomic mass is 10.1. The zero-order valence-corrected chi connectivity index (χ0v) is 24.9. The molecule has 0 spiro atoms. The van der Waals surface area contributed by atoms with Gasteiger partial charge in [0.25, 0.3) is 5.91 Å². The van der Waals surface area contributed by atoms with E-state index in [0.29, 0.717) is 68.7 Å². The molecule has 1 aromatic heterocycles. The van der Waals surface area contributed by atoms with Crippen molar-refractivity contribution in [2.75, 3.05) is 48.9 Å². The van der Waals surface area contributed by atoms with E-state index in [9.17, 15) is 19.1 Å². The number of nitrogens with one attached hydrogen (secondary N) is 4. The Kier molecular flexibility index (Phi) is 12.5. The minimum Gasteiger partial charge on any atom is -0.508 e. The molecule has 1 amide bonds. The van der Waals surface area contributed by atoms with E-state index < -0.39 is 0 Å². The molecule has 236 valence electrons. The van der Waals surface area contributed by atoms with E-state index in [4.69, 9.17) is 9.47 Å². The first-order valence-corrected chi connectivity index (χ1v) is 14.4. The third-order valence-electron chi connectivity index (χ3n) is 6.25. The topological polar surface area (TPSA) is 160 Å². The minimum absolute atomic E-state index is 0.134. The number of aromatic hydroxyl groups is 1. The number of benzene rings is 3. The number of phenols is 1. The Morgan fingerprint density at radius 1 is 0.756 bits per heavy atom. The van der Waals surface area contributed by atoms with Crippen LogP contribution in [0, 0.1) is 5.82 Å². The summed E-state index contributed by atoms with van der Waals surface area (Å²) < 4.78 is 24.2. The standard InChI is InChI=1S/C32H36FN7O5/c1-22(41)3-2-17-44-19-20-45-18-16-34-30-38-31(40-32(39-30)37-27-12-14-28(42)15-13-27)36-26-10-6-24(7-11-26)29(43)35-21-23-4-8-25(33)9-5-23/h4-15,42H,2-3,16-21H2,1H3,(H,35,43)(H3,34,36,37,38,39,40). The van der Waals surface area contributed by atoms with Crippen molar-refractivity contribution in [1.29, 1.82) is 0 Å². The number of aromatic nitrogens is 3. The van der Waals surface area contributed by atoms with Gasteiger partial charge in [0, 0.05) is 43.1 Å². The summed E-state index contributed by atoms with van der Waals surface area (Å²) in [5, 5.41) is 21.8. The van der Waals surface area contributed by atoms with E-state index in [2.05, 4.69) is 36.2 Å². The number of rotatable bonds is 18. The van der Waals surface area contributed by atoms with Gasteiger partial charge in [-0.3, -0.25) is 4.79 Å². The highest BCUT2D eigenvalue weighted by molar-refractivity contribution is 5.94. The van der Waals surface area contributed by atoms with Gasteiger partial charge in [0.05, 0.1) is 19.8 Å². The largest absolute Gasteiger partial charge is 0.508 e. The van der Waals surface area contributed by atoms with Crippen molar-refractivity contribution in [3.63, 3.8) is 0 Å². The summed E-state index contributed by atoms with van der Waals surface area (Å²) in [7, 11) is 0. The van der Waals surface area contributed by atoms with Crippen LogP contribution in [0.1, 0.15) is 35.7 Å². The molecule has 12 nitrogen and oxygen atoms in total. The van der Waals surface area contributed by atoms with Gasteiger partial charge in [-0.2, -0.15) is 15.0 Å². The van der Waals surface area contributed by atoms with Crippen molar-refractivity contribution >= 4 is 40.9 Å². The van der Waals surface area contributed by atoms with Gasteiger partial charge in [-0.15, -0.1) is 0 Å². The number of carbonyl (C=O) groups excluding carboxylic acids is 2. The number of ketones is 1. The smallest absolute Gasteiger partial charge is 0.251 e. The summed E-state index contributed by atoms with van der Waals surface area (Å²) in [6, 6.07) is 19.2. The molecule has 0 aliphatic heterocycles.